The van der Waals surface area contributed by atoms with Crippen LogP contribution in [0.2, 0.25) is 0 Å². The minimum atomic E-state index is 0.648. The Bertz CT molecular complexity index is 3370. The van der Waals surface area contributed by atoms with Gasteiger partial charge in [-0.05, 0) is 70.1 Å². The lowest BCUT2D eigenvalue weighted by Crippen LogP contribution is -1.98. The number of rotatable bonds is 3. The summed E-state index contributed by atoms with van der Waals surface area (Å²) >= 11 is 1.75. The van der Waals surface area contributed by atoms with Crippen LogP contribution >= 0.6 is 11.3 Å². The van der Waals surface area contributed by atoms with E-state index in [2.05, 4.69) is 156 Å². The van der Waals surface area contributed by atoms with Crippen LogP contribution in [0.4, 0.5) is 0 Å². The second-order valence-electron chi connectivity index (χ2n) is 13.7. The Morgan fingerprint density at radius 3 is 1.83 bits per heavy atom. The number of hydrogen-bond donors (Lipinski definition) is 0. The Labute approximate surface area is 306 Å². The fourth-order valence-corrected chi connectivity index (χ4v) is 9.48. The van der Waals surface area contributed by atoms with Crippen molar-refractivity contribution in [3.8, 4) is 28.3 Å². The van der Waals surface area contributed by atoms with Gasteiger partial charge in [0.25, 0.3) is 0 Å². The lowest BCUT2D eigenvalue weighted by atomic mass is 10.0. The van der Waals surface area contributed by atoms with Crippen molar-refractivity contribution in [2.75, 3.05) is 0 Å². The molecule has 0 aliphatic rings. The van der Waals surface area contributed by atoms with Gasteiger partial charge in [-0.3, -0.25) is 0 Å². The van der Waals surface area contributed by atoms with E-state index < -0.39 is 0 Å². The number of fused-ring (bicyclic) bond motifs is 11. The van der Waals surface area contributed by atoms with E-state index in [0.717, 1.165) is 71.1 Å². The van der Waals surface area contributed by atoms with Gasteiger partial charge < -0.3 is 8.98 Å². The molecule has 0 saturated carbocycles. The van der Waals surface area contributed by atoms with Gasteiger partial charge in [-0.1, -0.05) is 115 Å². The lowest BCUT2D eigenvalue weighted by molar-refractivity contribution is 0.669. The fourth-order valence-electron chi connectivity index (χ4n) is 8.32. The van der Waals surface area contributed by atoms with Gasteiger partial charge >= 0.3 is 0 Å². The Hall–Kier alpha value is -6.82. The van der Waals surface area contributed by atoms with E-state index in [1.807, 2.05) is 12.1 Å². The third-order valence-electron chi connectivity index (χ3n) is 10.8. The smallest absolute Gasteiger partial charge is 0.164 e. The maximum absolute atomic E-state index is 6.88. The van der Waals surface area contributed by atoms with Crippen molar-refractivity contribution in [3.63, 3.8) is 0 Å². The van der Waals surface area contributed by atoms with Gasteiger partial charge in [0.05, 0.1) is 43.6 Å². The third kappa shape index (κ3) is 4.17. The maximum Gasteiger partial charge on any atom is 0.164 e. The van der Waals surface area contributed by atoms with E-state index in [9.17, 15) is 0 Å². The summed E-state index contributed by atoms with van der Waals surface area (Å²) in [4.78, 5) is 10.7. The van der Waals surface area contributed by atoms with E-state index in [1.54, 1.807) is 11.3 Å². The first kappa shape index (κ1) is 28.8. The molecule has 0 aliphatic carbocycles. The molecule has 0 N–H and O–H groups in total. The van der Waals surface area contributed by atoms with Crippen molar-refractivity contribution in [2.45, 2.75) is 0 Å². The van der Waals surface area contributed by atoms with Crippen molar-refractivity contribution in [2.24, 2.45) is 0 Å². The first-order chi connectivity index (χ1) is 26.3. The predicted molar refractivity (Wildman–Crippen MR) is 222 cm³/mol. The standard InChI is InChI=1S/C48H27N3OS/c1-2-12-28(13-3-1)44-47-45(34-19-9-11-21-42(34)53-47)50-48(49-44)35-22-23-38(43-33-18-8-10-20-41(33)52-46(35)43)51-39-26-31-16-6-4-14-29(31)24-36(39)37-25-30-15-5-7-17-32(30)27-40(37)51/h1-27H. The van der Waals surface area contributed by atoms with Gasteiger partial charge in [0, 0.05) is 31.8 Å². The number of benzene rings is 8. The summed E-state index contributed by atoms with van der Waals surface area (Å²) in [6.45, 7) is 0. The van der Waals surface area contributed by atoms with Crippen LogP contribution in [0.15, 0.2) is 168 Å². The summed E-state index contributed by atoms with van der Waals surface area (Å²) in [7, 11) is 0. The van der Waals surface area contributed by atoms with Crippen LogP contribution in [0.1, 0.15) is 0 Å². The van der Waals surface area contributed by atoms with Crippen LogP contribution < -0.4 is 0 Å². The van der Waals surface area contributed by atoms with Crippen molar-refractivity contribution in [3.05, 3.63) is 164 Å². The molecule has 5 heteroatoms. The van der Waals surface area contributed by atoms with E-state index in [-0.39, 0.29) is 0 Å². The van der Waals surface area contributed by atoms with E-state index in [1.165, 1.54) is 37.0 Å². The molecule has 0 fully saturated rings. The second kappa shape index (κ2) is 10.8. The predicted octanol–water partition coefficient (Wildman–Crippen LogP) is 13.5. The Balaban J connectivity index is 1.21. The van der Waals surface area contributed by atoms with Crippen LogP contribution in [-0.4, -0.2) is 14.5 Å². The highest BCUT2D eigenvalue weighted by atomic mass is 32.1. The summed E-state index contributed by atoms with van der Waals surface area (Å²) in [6.07, 6.45) is 0. The minimum Gasteiger partial charge on any atom is -0.455 e. The van der Waals surface area contributed by atoms with Crippen molar-refractivity contribution in [1.82, 2.24) is 14.5 Å². The molecule has 4 heterocycles. The van der Waals surface area contributed by atoms with Crippen LogP contribution in [0.3, 0.4) is 0 Å². The van der Waals surface area contributed by atoms with Crippen LogP contribution in [0.5, 0.6) is 0 Å². The molecule has 246 valence electrons. The zero-order chi connectivity index (χ0) is 34.6. The molecule has 4 aromatic heterocycles. The average Bonchev–Trinajstić information content (AvgIpc) is 3.88. The number of nitrogens with zero attached hydrogens (tertiary/aromatic N) is 3. The van der Waals surface area contributed by atoms with Crippen molar-refractivity contribution in [1.29, 1.82) is 0 Å². The minimum absolute atomic E-state index is 0.648. The first-order valence-corrected chi connectivity index (χ1v) is 18.6. The molecule has 53 heavy (non-hydrogen) atoms. The summed E-state index contributed by atoms with van der Waals surface area (Å²) in [5.41, 5.74) is 8.80. The van der Waals surface area contributed by atoms with Gasteiger partial charge in [0.15, 0.2) is 5.82 Å². The molecule has 0 saturated heterocycles. The molecule has 12 rings (SSSR count). The van der Waals surface area contributed by atoms with E-state index in [4.69, 9.17) is 14.4 Å². The molecule has 4 nitrogen and oxygen atoms in total. The highest BCUT2D eigenvalue weighted by Crippen LogP contribution is 2.45. The molecule has 0 spiro atoms. The van der Waals surface area contributed by atoms with Crippen molar-refractivity contribution >= 4 is 96.9 Å². The quantitative estimate of drug-likeness (QED) is 0.185. The highest BCUT2D eigenvalue weighted by Gasteiger charge is 2.24. The topological polar surface area (TPSA) is 43.9 Å². The zero-order valence-electron chi connectivity index (χ0n) is 28.2. The van der Waals surface area contributed by atoms with Crippen molar-refractivity contribution < 1.29 is 4.42 Å². The Morgan fingerprint density at radius 2 is 1.11 bits per heavy atom. The van der Waals surface area contributed by atoms with E-state index in [0.29, 0.717) is 5.82 Å². The van der Waals surface area contributed by atoms with Gasteiger partial charge in [-0.2, -0.15) is 0 Å². The Kier molecular flexibility index (Phi) is 5.90. The first-order valence-electron chi connectivity index (χ1n) is 17.8. The van der Waals surface area contributed by atoms with Crippen LogP contribution in [0.25, 0.3) is 114 Å². The molecule has 0 radical (unpaired) electrons. The van der Waals surface area contributed by atoms with Gasteiger partial charge in [0.1, 0.15) is 11.2 Å². The molecule has 0 unspecified atom stereocenters. The van der Waals surface area contributed by atoms with E-state index >= 15 is 0 Å². The molecule has 8 aromatic carbocycles. The number of hydrogen-bond acceptors (Lipinski definition) is 4. The van der Waals surface area contributed by atoms with Crippen LogP contribution in [0, 0.1) is 0 Å². The molecule has 12 aromatic rings. The summed E-state index contributed by atoms with van der Waals surface area (Å²) in [5, 5.41) is 10.5. The average molecular weight is 694 g/mol. The summed E-state index contributed by atoms with van der Waals surface area (Å²) in [6, 6.07) is 58.3. The largest absolute Gasteiger partial charge is 0.455 e. The van der Waals surface area contributed by atoms with Gasteiger partial charge in [-0.15, -0.1) is 11.3 Å². The number of aromatic nitrogens is 3. The Morgan fingerprint density at radius 1 is 0.509 bits per heavy atom. The molecular formula is C48H27N3OS. The monoisotopic (exact) mass is 693 g/mol. The highest BCUT2D eigenvalue weighted by molar-refractivity contribution is 7.26. The normalized spacial score (nSPS) is 12.2. The summed E-state index contributed by atoms with van der Waals surface area (Å²) in [5.74, 6) is 0.648. The molecule has 0 aliphatic heterocycles. The molecular weight excluding hydrogens is 667 g/mol. The van der Waals surface area contributed by atoms with Crippen LogP contribution in [-0.2, 0) is 0 Å². The van der Waals surface area contributed by atoms with Gasteiger partial charge in [0.2, 0.25) is 0 Å². The lowest BCUT2D eigenvalue weighted by Gasteiger charge is -2.13. The third-order valence-corrected chi connectivity index (χ3v) is 11.9. The number of furan rings is 1. The fraction of sp³-hybridized carbons (Fsp3) is 0. The summed E-state index contributed by atoms with van der Waals surface area (Å²) < 4.78 is 11.6. The number of thiophene rings is 1. The molecule has 0 atom stereocenters. The molecule has 0 bridgehead atoms. The maximum atomic E-state index is 6.88. The SMILES string of the molecule is c1ccc(-c2nc(-c3ccc(-n4c5cc6ccccc6cc5c5cc6ccccc6cc54)c4c3oc3ccccc34)nc3c2sc2ccccc23)cc1. The molecule has 0 amide bonds. The zero-order valence-corrected chi connectivity index (χ0v) is 29.1. The number of para-hydroxylation sites is 1. The van der Waals surface area contributed by atoms with Gasteiger partial charge in [-0.25, -0.2) is 9.97 Å². The second-order valence-corrected chi connectivity index (χ2v) is 14.8.